The molecule has 2 aromatic carbocycles. The van der Waals surface area contributed by atoms with Crippen molar-refractivity contribution in [2.75, 3.05) is 6.54 Å². The van der Waals surface area contributed by atoms with Gasteiger partial charge >= 0.3 is 0 Å². The molecular formula is C21H20Cl2N2O2. The highest BCUT2D eigenvalue weighted by Crippen LogP contribution is 2.12. The van der Waals surface area contributed by atoms with E-state index in [0.29, 0.717) is 16.6 Å². The second kappa shape index (κ2) is 10.6. The maximum absolute atomic E-state index is 11.9. The van der Waals surface area contributed by atoms with Crippen LogP contribution in [0.4, 0.5) is 0 Å². The third-order valence-electron chi connectivity index (χ3n) is 3.52. The average molecular weight is 403 g/mol. The Morgan fingerprint density at radius 2 is 1.44 bits per heavy atom. The van der Waals surface area contributed by atoms with Crippen LogP contribution in [0.2, 0.25) is 10.0 Å². The summed E-state index contributed by atoms with van der Waals surface area (Å²) < 4.78 is 0. The van der Waals surface area contributed by atoms with Gasteiger partial charge in [-0.05, 0) is 54.5 Å². The van der Waals surface area contributed by atoms with Crippen molar-refractivity contribution in [2.45, 2.75) is 13.0 Å². The summed E-state index contributed by atoms with van der Waals surface area (Å²) in [6, 6.07) is 14.2. The zero-order chi connectivity index (χ0) is 19.6. The predicted octanol–water partition coefficient (Wildman–Crippen LogP) is 4.34. The first-order chi connectivity index (χ1) is 12.9. The Morgan fingerprint density at radius 3 is 1.96 bits per heavy atom. The van der Waals surface area contributed by atoms with Gasteiger partial charge in [-0.25, -0.2) is 0 Å². The number of benzene rings is 2. The molecule has 0 heterocycles. The van der Waals surface area contributed by atoms with Gasteiger partial charge in [0.05, 0.1) is 0 Å². The van der Waals surface area contributed by atoms with E-state index in [0.717, 1.165) is 11.1 Å². The second-order valence-corrected chi connectivity index (χ2v) is 6.80. The molecule has 140 valence electrons. The smallest absolute Gasteiger partial charge is 0.244 e. The summed E-state index contributed by atoms with van der Waals surface area (Å²) in [5.74, 6) is -0.489. The fraction of sp³-hybridized carbons (Fsp3) is 0.143. The van der Waals surface area contributed by atoms with E-state index in [1.54, 1.807) is 36.4 Å². The van der Waals surface area contributed by atoms with Crippen LogP contribution in [0.25, 0.3) is 12.2 Å². The molecule has 0 aromatic heterocycles. The van der Waals surface area contributed by atoms with E-state index < -0.39 is 0 Å². The van der Waals surface area contributed by atoms with E-state index in [-0.39, 0.29) is 17.9 Å². The first-order valence-electron chi connectivity index (χ1n) is 8.38. The molecule has 1 atom stereocenters. The van der Waals surface area contributed by atoms with Crippen molar-refractivity contribution in [1.82, 2.24) is 10.6 Å². The van der Waals surface area contributed by atoms with Gasteiger partial charge in [0.25, 0.3) is 0 Å². The number of carbonyl (C=O) groups is 2. The maximum atomic E-state index is 11.9. The molecule has 2 amide bonds. The minimum atomic E-state index is -0.245. The van der Waals surface area contributed by atoms with Crippen LogP contribution < -0.4 is 10.6 Å². The lowest BCUT2D eigenvalue weighted by Crippen LogP contribution is -2.40. The number of halogens is 2. The predicted molar refractivity (Wildman–Crippen MR) is 112 cm³/mol. The molecule has 4 nitrogen and oxygen atoms in total. The molecule has 0 aliphatic carbocycles. The van der Waals surface area contributed by atoms with Crippen LogP contribution in [0.1, 0.15) is 18.1 Å². The number of carbonyl (C=O) groups excluding carboxylic acids is 2. The minimum absolute atomic E-state index is 0.218. The highest BCUT2D eigenvalue weighted by Gasteiger charge is 2.06. The average Bonchev–Trinajstić information content (AvgIpc) is 2.63. The van der Waals surface area contributed by atoms with Crippen LogP contribution in [0, 0.1) is 0 Å². The van der Waals surface area contributed by atoms with E-state index in [2.05, 4.69) is 10.6 Å². The summed E-state index contributed by atoms with van der Waals surface area (Å²) in [5, 5.41) is 6.75. The standard InChI is InChI=1S/C21H20Cl2N2O2/c1-15(25-21(27)11-9-17-5-3-7-19(23)13-17)14-24-20(26)10-8-16-4-2-6-18(22)12-16/h2-13,15H,14H2,1H3,(H,24,26)(H,25,27). The molecule has 0 spiro atoms. The van der Waals surface area contributed by atoms with E-state index in [4.69, 9.17) is 23.2 Å². The van der Waals surface area contributed by atoms with Gasteiger partial charge in [-0.3, -0.25) is 9.59 Å². The van der Waals surface area contributed by atoms with Crippen LogP contribution in [0.3, 0.4) is 0 Å². The fourth-order valence-corrected chi connectivity index (χ4v) is 2.62. The van der Waals surface area contributed by atoms with Gasteiger partial charge in [0, 0.05) is 34.8 Å². The van der Waals surface area contributed by atoms with Gasteiger partial charge < -0.3 is 10.6 Å². The third kappa shape index (κ3) is 8.11. The van der Waals surface area contributed by atoms with Crippen LogP contribution in [-0.4, -0.2) is 24.4 Å². The van der Waals surface area contributed by atoms with Crippen molar-refractivity contribution in [3.63, 3.8) is 0 Å². The Hall–Kier alpha value is -2.56. The van der Waals surface area contributed by atoms with E-state index >= 15 is 0 Å². The number of hydrogen-bond acceptors (Lipinski definition) is 2. The lowest BCUT2D eigenvalue weighted by Gasteiger charge is -2.12. The second-order valence-electron chi connectivity index (χ2n) is 5.93. The molecule has 0 fully saturated rings. The molecule has 0 aliphatic heterocycles. The van der Waals surface area contributed by atoms with E-state index in [1.807, 2.05) is 31.2 Å². The molecule has 6 heteroatoms. The molecule has 0 radical (unpaired) electrons. The van der Waals surface area contributed by atoms with Gasteiger partial charge in [0.1, 0.15) is 0 Å². The Morgan fingerprint density at radius 1 is 0.926 bits per heavy atom. The first-order valence-corrected chi connectivity index (χ1v) is 9.13. The van der Waals surface area contributed by atoms with Crippen LogP contribution in [0.5, 0.6) is 0 Å². The lowest BCUT2D eigenvalue weighted by molar-refractivity contribution is -0.118. The van der Waals surface area contributed by atoms with Crippen molar-refractivity contribution in [2.24, 2.45) is 0 Å². The minimum Gasteiger partial charge on any atom is -0.351 e. The summed E-state index contributed by atoms with van der Waals surface area (Å²) in [6.07, 6.45) is 6.22. The molecule has 0 saturated heterocycles. The molecule has 2 rings (SSSR count). The zero-order valence-corrected chi connectivity index (χ0v) is 16.3. The highest BCUT2D eigenvalue weighted by molar-refractivity contribution is 6.31. The molecular weight excluding hydrogens is 383 g/mol. The van der Waals surface area contributed by atoms with Gasteiger partial charge in [-0.1, -0.05) is 47.5 Å². The number of hydrogen-bond donors (Lipinski definition) is 2. The Kier molecular flexibility index (Phi) is 8.11. The first kappa shape index (κ1) is 20.7. The maximum Gasteiger partial charge on any atom is 0.244 e. The summed E-state index contributed by atoms with van der Waals surface area (Å²) in [5.41, 5.74) is 1.68. The number of nitrogens with one attached hydrogen (secondary N) is 2. The molecule has 0 bridgehead atoms. The molecule has 27 heavy (non-hydrogen) atoms. The van der Waals surface area contributed by atoms with Crippen LogP contribution >= 0.6 is 23.2 Å². The number of rotatable bonds is 7. The quantitative estimate of drug-likeness (QED) is 0.676. The van der Waals surface area contributed by atoms with Gasteiger partial charge in [-0.15, -0.1) is 0 Å². The largest absolute Gasteiger partial charge is 0.351 e. The van der Waals surface area contributed by atoms with Crippen molar-refractivity contribution in [3.8, 4) is 0 Å². The normalized spacial score (nSPS) is 12.3. The SMILES string of the molecule is CC(CNC(=O)C=Cc1cccc(Cl)c1)NC(=O)C=Cc1cccc(Cl)c1. The number of amides is 2. The van der Waals surface area contributed by atoms with Gasteiger partial charge in [0.15, 0.2) is 0 Å². The molecule has 0 aliphatic rings. The molecule has 1 unspecified atom stereocenters. The lowest BCUT2D eigenvalue weighted by atomic mass is 10.2. The van der Waals surface area contributed by atoms with Crippen molar-refractivity contribution in [1.29, 1.82) is 0 Å². The van der Waals surface area contributed by atoms with Crippen LogP contribution in [0.15, 0.2) is 60.7 Å². The van der Waals surface area contributed by atoms with E-state index in [9.17, 15) is 9.59 Å². The molecule has 2 aromatic rings. The Labute approximate surface area is 168 Å². The fourth-order valence-electron chi connectivity index (χ4n) is 2.22. The monoisotopic (exact) mass is 402 g/mol. The highest BCUT2D eigenvalue weighted by atomic mass is 35.5. The van der Waals surface area contributed by atoms with Crippen molar-refractivity contribution in [3.05, 3.63) is 81.9 Å². The van der Waals surface area contributed by atoms with Gasteiger partial charge in [0.2, 0.25) is 11.8 Å². The summed E-state index contributed by atoms with van der Waals surface area (Å²) >= 11 is 11.8. The summed E-state index contributed by atoms with van der Waals surface area (Å²) in [7, 11) is 0. The third-order valence-corrected chi connectivity index (χ3v) is 3.99. The van der Waals surface area contributed by atoms with Crippen LogP contribution in [-0.2, 0) is 9.59 Å². The summed E-state index contributed by atoms with van der Waals surface area (Å²) in [6.45, 7) is 2.13. The summed E-state index contributed by atoms with van der Waals surface area (Å²) in [4.78, 5) is 23.8. The molecule has 0 saturated carbocycles. The van der Waals surface area contributed by atoms with E-state index in [1.165, 1.54) is 12.2 Å². The zero-order valence-electron chi connectivity index (χ0n) is 14.8. The molecule has 2 N–H and O–H groups in total. The van der Waals surface area contributed by atoms with Crippen molar-refractivity contribution >= 4 is 47.2 Å². The Balaban J connectivity index is 1.75. The topological polar surface area (TPSA) is 58.2 Å². The van der Waals surface area contributed by atoms with Gasteiger partial charge in [-0.2, -0.15) is 0 Å². The van der Waals surface area contributed by atoms with Crippen molar-refractivity contribution < 1.29 is 9.59 Å². The Bertz CT molecular complexity index is 863.